The molecule has 1 aromatic carbocycles. The first-order valence-corrected chi connectivity index (χ1v) is 6.71. The fourth-order valence-corrected chi connectivity index (χ4v) is 2.51. The quantitative estimate of drug-likeness (QED) is 0.814. The van der Waals surface area contributed by atoms with Gasteiger partial charge in [-0.25, -0.2) is 0 Å². The van der Waals surface area contributed by atoms with E-state index < -0.39 is 0 Å². The summed E-state index contributed by atoms with van der Waals surface area (Å²) in [6.07, 6.45) is 4.75. The van der Waals surface area contributed by atoms with Gasteiger partial charge < -0.3 is 10.2 Å². The van der Waals surface area contributed by atoms with Gasteiger partial charge in [-0.15, -0.1) is 5.10 Å². The predicted octanol–water partition coefficient (Wildman–Crippen LogP) is 1.06. The molecule has 0 aliphatic carbocycles. The molecule has 0 atom stereocenters. The molecule has 0 spiro atoms. The maximum atomic E-state index is 3.94. The Morgan fingerprint density at radius 2 is 2.32 bits per heavy atom. The van der Waals surface area contributed by atoms with Gasteiger partial charge in [-0.2, -0.15) is 0 Å². The Kier molecular flexibility index (Phi) is 3.46. The van der Waals surface area contributed by atoms with E-state index in [1.807, 2.05) is 10.9 Å². The molecule has 5 heteroatoms. The van der Waals surface area contributed by atoms with Crippen LogP contribution in [-0.4, -0.2) is 35.1 Å². The summed E-state index contributed by atoms with van der Waals surface area (Å²) < 4.78 is 1.84. The second-order valence-electron chi connectivity index (χ2n) is 4.98. The lowest BCUT2D eigenvalue weighted by atomic mass is 10.1. The van der Waals surface area contributed by atoms with E-state index in [1.54, 1.807) is 6.20 Å². The van der Waals surface area contributed by atoms with Crippen molar-refractivity contribution < 1.29 is 0 Å². The second kappa shape index (κ2) is 5.40. The molecule has 0 saturated carbocycles. The predicted molar refractivity (Wildman–Crippen MR) is 75.1 cm³/mol. The highest BCUT2D eigenvalue weighted by atomic mass is 15.4. The van der Waals surface area contributed by atoms with Crippen molar-refractivity contribution in [2.45, 2.75) is 19.5 Å². The van der Waals surface area contributed by atoms with Gasteiger partial charge in [0, 0.05) is 38.6 Å². The van der Waals surface area contributed by atoms with E-state index in [0.29, 0.717) is 0 Å². The van der Waals surface area contributed by atoms with Crippen molar-refractivity contribution >= 4 is 5.69 Å². The third-order valence-electron chi connectivity index (χ3n) is 3.59. The molecule has 0 bridgehead atoms. The fourth-order valence-electron chi connectivity index (χ4n) is 2.51. The zero-order valence-electron chi connectivity index (χ0n) is 11.2. The summed E-state index contributed by atoms with van der Waals surface area (Å²) in [5.74, 6) is 0. The van der Waals surface area contributed by atoms with Crippen LogP contribution in [0.15, 0.2) is 30.6 Å². The van der Waals surface area contributed by atoms with Crippen LogP contribution in [0, 0.1) is 0 Å². The zero-order valence-corrected chi connectivity index (χ0v) is 11.2. The largest absolute Gasteiger partial charge is 0.374 e. The average molecular weight is 257 g/mol. The molecule has 1 aromatic heterocycles. The van der Waals surface area contributed by atoms with Gasteiger partial charge in [0.15, 0.2) is 0 Å². The highest BCUT2D eigenvalue weighted by Gasteiger charge is 2.15. The van der Waals surface area contributed by atoms with Crippen molar-refractivity contribution in [2.75, 3.05) is 25.0 Å². The van der Waals surface area contributed by atoms with Gasteiger partial charge in [0.05, 0.1) is 12.7 Å². The summed E-state index contributed by atoms with van der Waals surface area (Å²) in [6.45, 7) is 3.80. The van der Waals surface area contributed by atoms with E-state index in [2.05, 4.69) is 45.8 Å². The van der Waals surface area contributed by atoms with E-state index in [-0.39, 0.29) is 0 Å². The van der Waals surface area contributed by atoms with Crippen LogP contribution in [0.1, 0.15) is 11.1 Å². The van der Waals surface area contributed by atoms with E-state index in [9.17, 15) is 0 Å². The van der Waals surface area contributed by atoms with Crippen molar-refractivity contribution in [3.63, 3.8) is 0 Å². The van der Waals surface area contributed by atoms with E-state index >= 15 is 0 Å². The molecular weight excluding hydrogens is 238 g/mol. The first-order valence-electron chi connectivity index (χ1n) is 6.71. The molecule has 1 N–H and O–H groups in total. The summed E-state index contributed by atoms with van der Waals surface area (Å²) in [4.78, 5) is 2.32. The number of likely N-dealkylation sites (N-methyl/N-ethyl adjacent to an activating group) is 1. The van der Waals surface area contributed by atoms with Crippen LogP contribution in [0.2, 0.25) is 0 Å². The SMILES string of the molecule is CN1CCc2cc(CNCCn3ccnn3)ccc21. The highest BCUT2D eigenvalue weighted by Crippen LogP contribution is 2.27. The number of benzene rings is 1. The van der Waals surface area contributed by atoms with Crippen LogP contribution >= 0.6 is 0 Å². The lowest BCUT2D eigenvalue weighted by Gasteiger charge is -2.12. The van der Waals surface area contributed by atoms with Gasteiger partial charge in [-0.1, -0.05) is 17.3 Å². The van der Waals surface area contributed by atoms with Gasteiger partial charge in [0.1, 0.15) is 0 Å². The first kappa shape index (κ1) is 12.2. The summed E-state index contributed by atoms with van der Waals surface area (Å²) in [5, 5.41) is 11.2. The molecule has 0 radical (unpaired) electrons. The van der Waals surface area contributed by atoms with Crippen molar-refractivity contribution in [1.82, 2.24) is 20.3 Å². The normalized spacial score (nSPS) is 13.8. The lowest BCUT2D eigenvalue weighted by Crippen LogP contribution is -2.19. The number of nitrogens with one attached hydrogen (secondary N) is 1. The average Bonchev–Trinajstić information content (AvgIpc) is 3.05. The van der Waals surface area contributed by atoms with Crippen LogP contribution < -0.4 is 10.2 Å². The van der Waals surface area contributed by atoms with E-state index in [1.165, 1.54) is 23.2 Å². The zero-order chi connectivity index (χ0) is 13.1. The Hall–Kier alpha value is -1.88. The van der Waals surface area contributed by atoms with E-state index in [4.69, 9.17) is 0 Å². The fraction of sp³-hybridized carbons (Fsp3) is 0.429. The minimum absolute atomic E-state index is 0.855. The Labute approximate surface area is 113 Å². The Morgan fingerprint density at radius 1 is 1.37 bits per heavy atom. The van der Waals surface area contributed by atoms with Crippen molar-refractivity contribution in [3.8, 4) is 0 Å². The molecule has 1 aliphatic rings. The molecule has 2 aromatic rings. The van der Waals surface area contributed by atoms with E-state index in [0.717, 1.165) is 26.2 Å². The van der Waals surface area contributed by atoms with Crippen molar-refractivity contribution in [1.29, 1.82) is 0 Å². The molecule has 2 heterocycles. The van der Waals surface area contributed by atoms with Crippen LogP contribution in [0.25, 0.3) is 0 Å². The number of hydrogen-bond donors (Lipinski definition) is 1. The number of anilines is 1. The standard InChI is InChI=1S/C14H19N5/c1-18-7-4-13-10-12(2-3-14(13)18)11-15-5-8-19-9-6-16-17-19/h2-3,6,9-10,15H,4-5,7-8,11H2,1H3. The van der Waals surface area contributed by atoms with Crippen LogP contribution in [0.3, 0.4) is 0 Å². The van der Waals surface area contributed by atoms with Crippen LogP contribution in [-0.2, 0) is 19.5 Å². The molecule has 0 unspecified atom stereocenters. The van der Waals surface area contributed by atoms with Gasteiger partial charge in [0.25, 0.3) is 0 Å². The number of fused-ring (bicyclic) bond motifs is 1. The van der Waals surface area contributed by atoms with Gasteiger partial charge in [-0.05, 0) is 23.6 Å². The van der Waals surface area contributed by atoms with Gasteiger partial charge >= 0.3 is 0 Å². The second-order valence-corrected chi connectivity index (χ2v) is 4.98. The first-order chi connectivity index (χ1) is 9.33. The third kappa shape index (κ3) is 2.76. The number of nitrogens with zero attached hydrogens (tertiary/aromatic N) is 4. The monoisotopic (exact) mass is 257 g/mol. The molecule has 0 fully saturated rings. The Bertz CT molecular complexity index is 535. The van der Waals surface area contributed by atoms with Crippen LogP contribution in [0.5, 0.6) is 0 Å². The van der Waals surface area contributed by atoms with Crippen LogP contribution in [0.4, 0.5) is 5.69 Å². The third-order valence-corrected chi connectivity index (χ3v) is 3.59. The Balaban J connectivity index is 1.51. The molecule has 19 heavy (non-hydrogen) atoms. The van der Waals surface area contributed by atoms with Gasteiger partial charge in [0.2, 0.25) is 0 Å². The molecule has 3 rings (SSSR count). The lowest BCUT2D eigenvalue weighted by molar-refractivity contribution is 0.540. The maximum absolute atomic E-state index is 3.94. The molecule has 1 aliphatic heterocycles. The van der Waals surface area contributed by atoms with Gasteiger partial charge in [-0.3, -0.25) is 4.68 Å². The smallest absolute Gasteiger partial charge is 0.0692 e. The molecular formula is C14H19N5. The number of hydrogen-bond acceptors (Lipinski definition) is 4. The minimum atomic E-state index is 0.855. The summed E-state index contributed by atoms with van der Waals surface area (Å²) in [5.41, 5.74) is 4.21. The minimum Gasteiger partial charge on any atom is -0.374 e. The number of rotatable bonds is 5. The molecule has 5 nitrogen and oxygen atoms in total. The summed E-state index contributed by atoms with van der Waals surface area (Å²) >= 11 is 0. The highest BCUT2D eigenvalue weighted by molar-refractivity contribution is 5.58. The molecule has 0 saturated heterocycles. The Morgan fingerprint density at radius 3 is 3.16 bits per heavy atom. The molecule has 100 valence electrons. The summed E-state index contributed by atoms with van der Waals surface area (Å²) in [7, 11) is 2.15. The number of aromatic nitrogens is 3. The topological polar surface area (TPSA) is 46.0 Å². The molecule has 0 amide bonds. The maximum Gasteiger partial charge on any atom is 0.0692 e. The van der Waals surface area contributed by atoms with Crippen molar-refractivity contribution in [3.05, 3.63) is 41.7 Å². The summed E-state index contributed by atoms with van der Waals surface area (Å²) in [6, 6.07) is 6.77. The van der Waals surface area contributed by atoms with Crippen molar-refractivity contribution in [2.24, 2.45) is 0 Å².